The lowest BCUT2D eigenvalue weighted by molar-refractivity contribution is -0.139. The van der Waals surface area contributed by atoms with Gasteiger partial charge in [0.2, 0.25) is 0 Å². The van der Waals surface area contributed by atoms with E-state index >= 15 is 0 Å². The van der Waals surface area contributed by atoms with Gasteiger partial charge in [0.15, 0.2) is 0 Å². The third-order valence-electron chi connectivity index (χ3n) is 8.10. The molecule has 196 valence electrons. The SMILES string of the molecule is CCC(O)(/C=C/c1ccc(C(CC)(CC)c2ccc(-c3cccc(CC(=O)OC)c3)cc2)cc1C)CC. The van der Waals surface area contributed by atoms with E-state index in [1.54, 1.807) is 0 Å². The van der Waals surface area contributed by atoms with Crippen LogP contribution in [0, 0.1) is 6.92 Å². The molecule has 0 aromatic heterocycles. The molecule has 0 aliphatic heterocycles. The van der Waals surface area contributed by atoms with E-state index in [1.807, 2.05) is 32.1 Å². The molecule has 37 heavy (non-hydrogen) atoms. The topological polar surface area (TPSA) is 46.5 Å². The third-order valence-corrected chi connectivity index (χ3v) is 8.10. The summed E-state index contributed by atoms with van der Waals surface area (Å²) in [5, 5.41) is 10.7. The Balaban J connectivity index is 1.92. The van der Waals surface area contributed by atoms with Gasteiger partial charge in [0.1, 0.15) is 0 Å². The van der Waals surface area contributed by atoms with Crippen molar-refractivity contribution in [3.8, 4) is 11.1 Å². The van der Waals surface area contributed by atoms with E-state index in [9.17, 15) is 9.90 Å². The molecule has 0 unspecified atom stereocenters. The monoisotopic (exact) mass is 498 g/mol. The molecular formula is C34H42O3. The minimum absolute atomic E-state index is 0.0775. The molecule has 0 amide bonds. The summed E-state index contributed by atoms with van der Waals surface area (Å²) in [5.41, 5.74) is 7.34. The zero-order valence-corrected chi connectivity index (χ0v) is 23.3. The maximum atomic E-state index is 11.7. The zero-order valence-electron chi connectivity index (χ0n) is 23.3. The van der Waals surface area contributed by atoms with Crippen LogP contribution in [0.15, 0.2) is 72.8 Å². The van der Waals surface area contributed by atoms with Gasteiger partial charge in [-0.3, -0.25) is 4.79 Å². The number of aliphatic hydroxyl groups is 1. The molecule has 0 heterocycles. The Bertz CT molecular complexity index is 1210. The Morgan fingerprint density at radius 2 is 1.49 bits per heavy atom. The number of rotatable bonds is 11. The Morgan fingerprint density at radius 3 is 2.05 bits per heavy atom. The molecule has 0 spiro atoms. The number of benzene rings is 3. The van der Waals surface area contributed by atoms with Crippen LogP contribution in [0.1, 0.15) is 81.2 Å². The van der Waals surface area contributed by atoms with Crippen molar-refractivity contribution in [1.82, 2.24) is 0 Å². The lowest BCUT2D eigenvalue weighted by Gasteiger charge is -2.34. The second kappa shape index (κ2) is 12.4. The molecule has 0 aliphatic carbocycles. The van der Waals surface area contributed by atoms with Crippen molar-refractivity contribution in [2.45, 2.75) is 77.7 Å². The van der Waals surface area contributed by atoms with Crippen molar-refractivity contribution in [3.63, 3.8) is 0 Å². The van der Waals surface area contributed by atoms with Gasteiger partial charge in [0.25, 0.3) is 0 Å². The number of hydrogen-bond donors (Lipinski definition) is 1. The predicted molar refractivity (Wildman–Crippen MR) is 155 cm³/mol. The first-order chi connectivity index (χ1) is 17.7. The smallest absolute Gasteiger partial charge is 0.309 e. The van der Waals surface area contributed by atoms with Crippen LogP contribution >= 0.6 is 0 Å². The van der Waals surface area contributed by atoms with E-state index < -0.39 is 5.60 Å². The van der Waals surface area contributed by atoms with Gasteiger partial charge < -0.3 is 9.84 Å². The Morgan fingerprint density at radius 1 is 0.838 bits per heavy atom. The van der Waals surface area contributed by atoms with E-state index in [1.165, 1.54) is 23.8 Å². The maximum absolute atomic E-state index is 11.7. The molecule has 0 fully saturated rings. The molecule has 1 N–H and O–H groups in total. The van der Waals surface area contributed by atoms with E-state index in [-0.39, 0.29) is 17.8 Å². The highest BCUT2D eigenvalue weighted by Gasteiger charge is 2.31. The zero-order chi connectivity index (χ0) is 27.1. The van der Waals surface area contributed by atoms with Gasteiger partial charge in [-0.25, -0.2) is 0 Å². The van der Waals surface area contributed by atoms with Crippen LogP contribution in [-0.4, -0.2) is 23.8 Å². The number of ether oxygens (including phenoxy) is 1. The molecule has 0 saturated carbocycles. The average molecular weight is 499 g/mol. The summed E-state index contributed by atoms with van der Waals surface area (Å²) in [4.78, 5) is 11.7. The average Bonchev–Trinajstić information content (AvgIpc) is 2.93. The van der Waals surface area contributed by atoms with Gasteiger partial charge in [-0.2, -0.15) is 0 Å². The van der Waals surface area contributed by atoms with Gasteiger partial charge in [-0.15, -0.1) is 0 Å². The van der Waals surface area contributed by atoms with Crippen LogP contribution in [0.5, 0.6) is 0 Å². The molecule has 3 heteroatoms. The number of carbonyl (C=O) groups is 1. The molecule has 3 rings (SSSR count). The van der Waals surface area contributed by atoms with Gasteiger partial charge >= 0.3 is 5.97 Å². The Kier molecular flexibility index (Phi) is 9.50. The maximum Gasteiger partial charge on any atom is 0.309 e. The highest BCUT2D eigenvalue weighted by atomic mass is 16.5. The fourth-order valence-corrected chi connectivity index (χ4v) is 5.21. The van der Waals surface area contributed by atoms with E-state index in [0.29, 0.717) is 12.8 Å². The summed E-state index contributed by atoms with van der Waals surface area (Å²) in [6.45, 7) is 10.7. The molecule has 0 aliphatic rings. The lowest BCUT2D eigenvalue weighted by Crippen LogP contribution is -2.26. The fourth-order valence-electron chi connectivity index (χ4n) is 5.21. The first-order valence-corrected chi connectivity index (χ1v) is 13.5. The molecule has 3 aromatic carbocycles. The van der Waals surface area contributed by atoms with Crippen molar-refractivity contribution in [1.29, 1.82) is 0 Å². The Labute approximate surface area is 223 Å². The number of esters is 1. The lowest BCUT2D eigenvalue weighted by atomic mass is 9.70. The number of carbonyl (C=O) groups excluding carboxylic acids is 1. The Hall–Kier alpha value is -3.17. The number of aryl methyl sites for hydroxylation is 1. The van der Waals surface area contributed by atoms with Crippen molar-refractivity contribution >= 4 is 12.0 Å². The van der Waals surface area contributed by atoms with Crippen molar-refractivity contribution in [3.05, 3.63) is 101 Å². The van der Waals surface area contributed by atoms with E-state index in [0.717, 1.165) is 35.1 Å². The minimum Gasteiger partial charge on any atom is -0.469 e. The quantitative estimate of drug-likeness (QED) is 0.272. The first kappa shape index (κ1) is 28.4. The van der Waals surface area contributed by atoms with Gasteiger partial charge in [-0.1, -0.05) is 107 Å². The van der Waals surface area contributed by atoms with Crippen LogP contribution in [0.3, 0.4) is 0 Å². The summed E-state index contributed by atoms with van der Waals surface area (Å²) >= 11 is 0. The van der Waals surface area contributed by atoms with Crippen LogP contribution in [0.25, 0.3) is 17.2 Å². The third kappa shape index (κ3) is 6.40. The number of methoxy groups -OCH3 is 1. The van der Waals surface area contributed by atoms with Crippen LogP contribution < -0.4 is 0 Å². The summed E-state index contributed by atoms with van der Waals surface area (Å²) in [7, 11) is 1.42. The molecule has 3 nitrogen and oxygen atoms in total. The molecule has 0 bridgehead atoms. The van der Waals surface area contributed by atoms with Crippen LogP contribution in [-0.2, 0) is 21.4 Å². The second-order valence-corrected chi connectivity index (χ2v) is 10.0. The van der Waals surface area contributed by atoms with Gasteiger partial charge in [0.05, 0.1) is 19.1 Å². The van der Waals surface area contributed by atoms with Gasteiger partial charge in [-0.05, 0) is 71.6 Å². The highest BCUT2D eigenvalue weighted by molar-refractivity contribution is 5.74. The standard InChI is InChI=1S/C34H42O3/c1-7-33(36,8-2)21-20-27-14-19-31(22-25(27)5)34(9-3,10-4)30-17-15-28(16-18-30)29-13-11-12-26(23-29)24-32(35)37-6/h11-23,36H,7-10,24H2,1-6H3/b21-20+. The van der Waals surface area contributed by atoms with Crippen LogP contribution in [0.2, 0.25) is 0 Å². The first-order valence-electron chi connectivity index (χ1n) is 13.5. The van der Waals surface area contributed by atoms with Crippen molar-refractivity contribution < 1.29 is 14.6 Å². The summed E-state index contributed by atoms with van der Waals surface area (Å²) in [6, 6.07) is 23.7. The molecule has 0 atom stereocenters. The minimum atomic E-state index is -0.748. The van der Waals surface area contributed by atoms with E-state index in [2.05, 4.69) is 81.4 Å². The largest absolute Gasteiger partial charge is 0.469 e. The second-order valence-electron chi connectivity index (χ2n) is 10.0. The molecular weight excluding hydrogens is 456 g/mol. The summed E-state index contributed by atoms with van der Waals surface area (Å²) in [6.07, 6.45) is 7.69. The summed E-state index contributed by atoms with van der Waals surface area (Å²) in [5.74, 6) is -0.230. The van der Waals surface area contributed by atoms with Crippen molar-refractivity contribution in [2.24, 2.45) is 0 Å². The molecule has 0 saturated heterocycles. The molecule has 0 radical (unpaired) electrons. The van der Waals surface area contributed by atoms with E-state index in [4.69, 9.17) is 4.74 Å². The van der Waals surface area contributed by atoms with Crippen LogP contribution in [0.4, 0.5) is 0 Å². The number of hydrogen-bond acceptors (Lipinski definition) is 3. The molecule has 3 aromatic rings. The fraction of sp³-hybridized carbons (Fsp3) is 0.382. The normalized spacial score (nSPS) is 12.2. The van der Waals surface area contributed by atoms with Crippen molar-refractivity contribution in [2.75, 3.05) is 7.11 Å². The summed E-state index contributed by atoms with van der Waals surface area (Å²) < 4.78 is 4.82. The highest BCUT2D eigenvalue weighted by Crippen LogP contribution is 2.40. The predicted octanol–water partition coefficient (Wildman–Crippen LogP) is 8.05. The van der Waals surface area contributed by atoms with Gasteiger partial charge in [0, 0.05) is 5.41 Å².